The van der Waals surface area contributed by atoms with Crippen molar-refractivity contribution < 1.29 is 0 Å². The Balaban J connectivity index is 2.14. The molecule has 100 valence electrons. The van der Waals surface area contributed by atoms with Crippen molar-refractivity contribution in [3.8, 4) is 0 Å². The third-order valence-electron chi connectivity index (χ3n) is 4.50. The molecule has 0 radical (unpaired) electrons. The Kier molecular flexibility index (Phi) is 4.66. The highest BCUT2D eigenvalue weighted by Crippen LogP contribution is 2.39. The molecular formula is C15H23ClN2. The number of benzene rings is 1. The van der Waals surface area contributed by atoms with Crippen LogP contribution >= 0.6 is 11.6 Å². The fourth-order valence-electron chi connectivity index (χ4n) is 3.10. The maximum Gasteiger partial charge on any atom is 0.0488 e. The van der Waals surface area contributed by atoms with Crippen LogP contribution in [0.4, 0.5) is 0 Å². The number of nitrogens with one attached hydrogen (secondary N) is 1. The minimum atomic E-state index is 0.221. The molecule has 0 bridgehead atoms. The van der Waals surface area contributed by atoms with Gasteiger partial charge in [-0.3, -0.25) is 11.3 Å². The summed E-state index contributed by atoms with van der Waals surface area (Å²) in [5.41, 5.74) is 4.20. The molecule has 3 N–H and O–H groups in total. The molecule has 1 aliphatic carbocycles. The van der Waals surface area contributed by atoms with Gasteiger partial charge in [-0.2, -0.15) is 0 Å². The van der Waals surface area contributed by atoms with Crippen LogP contribution in [0.1, 0.15) is 44.7 Å². The van der Waals surface area contributed by atoms with E-state index in [-0.39, 0.29) is 6.04 Å². The Morgan fingerprint density at radius 1 is 1.28 bits per heavy atom. The minimum absolute atomic E-state index is 0.221. The van der Waals surface area contributed by atoms with Crippen LogP contribution in [-0.4, -0.2) is 0 Å². The second-order valence-corrected chi connectivity index (χ2v) is 6.16. The monoisotopic (exact) mass is 266 g/mol. The van der Waals surface area contributed by atoms with Gasteiger partial charge in [-0.1, -0.05) is 44.0 Å². The first-order valence-electron chi connectivity index (χ1n) is 6.83. The van der Waals surface area contributed by atoms with Crippen LogP contribution in [0.3, 0.4) is 0 Å². The minimum Gasteiger partial charge on any atom is -0.271 e. The highest BCUT2D eigenvalue weighted by molar-refractivity contribution is 6.30. The molecule has 0 amide bonds. The smallest absolute Gasteiger partial charge is 0.0488 e. The second-order valence-electron chi connectivity index (χ2n) is 5.73. The van der Waals surface area contributed by atoms with E-state index in [2.05, 4.69) is 25.3 Å². The molecule has 1 fully saturated rings. The van der Waals surface area contributed by atoms with Gasteiger partial charge in [0.15, 0.2) is 0 Å². The average molecular weight is 267 g/mol. The van der Waals surface area contributed by atoms with Gasteiger partial charge in [-0.05, 0) is 48.3 Å². The molecule has 2 nitrogen and oxygen atoms in total. The van der Waals surface area contributed by atoms with Crippen molar-refractivity contribution in [3.63, 3.8) is 0 Å². The van der Waals surface area contributed by atoms with E-state index in [1.165, 1.54) is 24.8 Å². The van der Waals surface area contributed by atoms with Gasteiger partial charge in [0.2, 0.25) is 0 Å². The number of nitrogens with two attached hydrogens (primary N) is 1. The van der Waals surface area contributed by atoms with Crippen molar-refractivity contribution in [2.24, 2.45) is 23.6 Å². The van der Waals surface area contributed by atoms with E-state index in [1.807, 2.05) is 18.2 Å². The molecule has 1 aliphatic rings. The van der Waals surface area contributed by atoms with Gasteiger partial charge in [-0.15, -0.1) is 0 Å². The fraction of sp³-hybridized carbons (Fsp3) is 0.600. The number of rotatable bonds is 3. The summed E-state index contributed by atoms with van der Waals surface area (Å²) in [6, 6.07) is 8.26. The second kappa shape index (κ2) is 6.05. The first-order chi connectivity index (χ1) is 8.61. The third-order valence-corrected chi connectivity index (χ3v) is 4.73. The molecule has 0 aliphatic heterocycles. The molecule has 1 aromatic rings. The predicted octanol–water partition coefficient (Wildman–Crippen LogP) is 3.92. The highest BCUT2D eigenvalue weighted by Gasteiger charge is 2.30. The Bertz CT molecular complexity index is 394. The van der Waals surface area contributed by atoms with Gasteiger partial charge in [0.1, 0.15) is 0 Å². The summed E-state index contributed by atoms with van der Waals surface area (Å²) >= 11 is 6.07. The largest absolute Gasteiger partial charge is 0.271 e. The lowest BCUT2D eigenvalue weighted by Crippen LogP contribution is -2.36. The van der Waals surface area contributed by atoms with Crippen LogP contribution in [0.2, 0.25) is 5.02 Å². The first kappa shape index (κ1) is 13.9. The maximum absolute atomic E-state index is 6.07. The number of hydrogen-bond donors (Lipinski definition) is 2. The normalized spacial score (nSPS) is 30.1. The standard InChI is InChI=1S/C15H23ClN2/c1-10-6-7-13(8-11(10)2)15(18-17)12-4-3-5-14(16)9-12/h3-5,9-11,13,15,18H,6-8,17H2,1-2H3. The van der Waals surface area contributed by atoms with Crippen molar-refractivity contribution >= 4 is 11.6 Å². The molecule has 0 heterocycles. The Hall–Kier alpha value is -0.570. The van der Waals surface area contributed by atoms with E-state index >= 15 is 0 Å². The lowest BCUT2D eigenvalue weighted by Gasteiger charge is -2.36. The van der Waals surface area contributed by atoms with Gasteiger partial charge in [0, 0.05) is 11.1 Å². The van der Waals surface area contributed by atoms with Crippen LogP contribution in [-0.2, 0) is 0 Å². The van der Waals surface area contributed by atoms with Gasteiger partial charge in [0.05, 0.1) is 0 Å². The van der Waals surface area contributed by atoms with E-state index in [0.29, 0.717) is 5.92 Å². The Labute approximate surface area is 115 Å². The van der Waals surface area contributed by atoms with Gasteiger partial charge in [-0.25, -0.2) is 0 Å². The third kappa shape index (κ3) is 3.05. The van der Waals surface area contributed by atoms with E-state index in [0.717, 1.165) is 16.9 Å². The van der Waals surface area contributed by atoms with E-state index < -0.39 is 0 Å². The molecular weight excluding hydrogens is 244 g/mol. The molecule has 0 spiro atoms. The fourth-order valence-corrected chi connectivity index (χ4v) is 3.30. The summed E-state index contributed by atoms with van der Waals surface area (Å²) in [5, 5.41) is 0.782. The van der Waals surface area contributed by atoms with Crippen molar-refractivity contribution in [3.05, 3.63) is 34.9 Å². The number of halogens is 1. The molecule has 1 saturated carbocycles. The zero-order chi connectivity index (χ0) is 13.1. The highest BCUT2D eigenvalue weighted by atomic mass is 35.5. The molecule has 0 saturated heterocycles. The van der Waals surface area contributed by atoms with E-state index in [4.69, 9.17) is 17.4 Å². The van der Waals surface area contributed by atoms with Gasteiger partial charge in [0.25, 0.3) is 0 Å². The predicted molar refractivity (Wildman–Crippen MR) is 77.2 cm³/mol. The number of hydrazine groups is 1. The molecule has 4 atom stereocenters. The lowest BCUT2D eigenvalue weighted by molar-refractivity contribution is 0.171. The molecule has 1 aromatic carbocycles. The Morgan fingerprint density at radius 3 is 2.67 bits per heavy atom. The van der Waals surface area contributed by atoms with Crippen LogP contribution in [0.15, 0.2) is 24.3 Å². The van der Waals surface area contributed by atoms with E-state index in [1.54, 1.807) is 0 Å². The Morgan fingerprint density at radius 2 is 2.06 bits per heavy atom. The first-order valence-corrected chi connectivity index (χ1v) is 7.21. The van der Waals surface area contributed by atoms with Crippen LogP contribution in [0.5, 0.6) is 0 Å². The van der Waals surface area contributed by atoms with Gasteiger partial charge >= 0.3 is 0 Å². The van der Waals surface area contributed by atoms with Crippen LogP contribution in [0, 0.1) is 17.8 Å². The lowest BCUT2D eigenvalue weighted by atomic mass is 9.72. The van der Waals surface area contributed by atoms with Crippen molar-refractivity contribution in [2.75, 3.05) is 0 Å². The zero-order valence-electron chi connectivity index (χ0n) is 11.2. The van der Waals surface area contributed by atoms with Crippen molar-refractivity contribution in [1.29, 1.82) is 0 Å². The maximum atomic E-state index is 6.07. The van der Waals surface area contributed by atoms with Crippen molar-refractivity contribution in [2.45, 2.75) is 39.2 Å². The topological polar surface area (TPSA) is 38.0 Å². The van der Waals surface area contributed by atoms with Crippen LogP contribution in [0.25, 0.3) is 0 Å². The van der Waals surface area contributed by atoms with Crippen molar-refractivity contribution in [1.82, 2.24) is 5.43 Å². The molecule has 0 aromatic heterocycles. The van der Waals surface area contributed by atoms with E-state index in [9.17, 15) is 0 Å². The molecule has 3 heteroatoms. The quantitative estimate of drug-likeness (QED) is 0.643. The summed E-state index contributed by atoms with van der Waals surface area (Å²) in [5.74, 6) is 7.99. The van der Waals surface area contributed by atoms with Gasteiger partial charge < -0.3 is 0 Å². The zero-order valence-corrected chi connectivity index (χ0v) is 12.0. The molecule has 4 unspecified atom stereocenters. The molecule has 2 rings (SSSR count). The summed E-state index contributed by atoms with van der Waals surface area (Å²) in [6.45, 7) is 4.70. The number of hydrogen-bond acceptors (Lipinski definition) is 2. The summed E-state index contributed by atoms with van der Waals surface area (Å²) in [6.07, 6.45) is 3.78. The van der Waals surface area contributed by atoms with Crippen LogP contribution < -0.4 is 11.3 Å². The summed E-state index contributed by atoms with van der Waals surface area (Å²) < 4.78 is 0. The average Bonchev–Trinajstić information content (AvgIpc) is 2.35. The summed E-state index contributed by atoms with van der Waals surface area (Å²) in [7, 11) is 0. The molecule has 18 heavy (non-hydrogen) atoms. The SMILES string of the molecule is CC1CCC(C(NN)c2cccc(Cl)c2)CC1C. The summed E-state index contributed by atoms with van der Waals surface area (Å²) in [4.78, 5) is 0.